The number of methoxy groups -OCH3 is 1. The van der Waals surface area contributed by atoms with Gasteiger partial charge in [-0.15, -0.1) is 0 Å². The number of rotatable bonds is 5. The standard InChI is InChI=1S/C19H23N5O3/c1-3-23-8-10-24(11-9-23)17-13-20-16(12-21-17)18(25)22-15-6-4-14(5-7-15)19(26)27-2/h4-7,12-13H,3,8-11H2,1-2H3,(H,22,25). The monoisotopic (exact) mass is 369 g/mol. The smallest absolute Gasteiger partial charge is 0.337 e. The molecule has 0 saturated carbocycles. The summed E-state index contributed by atoms with van der Waals surface area (Å²) in [6, 6.07) is 6.46. The third kappa shape index (κ3) is 4.59. The van der Waals surface area contributed by atoms with Crippen molar-refractivity contribution in [2.24, 2.45) is 0 Å². The summed E-state index contributed by atoms with van der Waals surface area (Å²) in [4.78, 5) is 37.0. The molecule has 0 bridgehead atoms. The first kappa shape index (κ1) is 18.8. The van der Waals surface area contributed by atoms with Crippen molar-refractivity contribution in [3.63, 3.8) is 0 Å². The Morgan fingerprint density at radius 1 is 1.07 bits per heavy atom. The van der Waals surface area contributed by atoms with Gasteiger partial charge < -0.3 is 19.9 Å². The summed E-state index contributed by atoms with van der Waals surface area (Å²) in [6.07, 6.45) is 3.12. The molecule has 1 fully saturated rings. The van der Waals surface area contributed by atoms with Crippen LogP contribution in [0.4, 0.5) is 11.5 Å². The fraction of sp³-hybridized carbons (Fsp3) is 0.368. The molecule has 1 aliphatic heterocycles. The predicted octanol–water partition coefficient (Wildman–Crippen LogP) is 1.66. The molecule has 1 aliphatic rings. The third-order valence-electron chi connectivity index (χ3n) is 4.58. The quantitative estimate of drug-likeness (QED) is 0.802. The van der Waals surface area contributed by atoms with E-state index in [9.17, 15) is 9.59 Å². The highest BCUT2D eigenvalue weighted by atomic mass is 16.5. The van der Waals surface area contributed by atoms with Crippen LogP contribution in [0.3, 0.4) is 0 Å². The molecule has 0 aliphatic carbocycles. The fourth-order valence-corrected chi connectivity index (χ4v) is 2.90. The van der Waals surface area contributed by atoms with E-state index < -0.39 is 5.97 Å². The first-order chi connectivity index (χ1) is 13.1. The minimum atomic E-state index is -0.422. The zero-order valence-electron chi connectivity index (χ0n) is 15.5. The van der Waals surface area contributed by atoms with Gasteiger partial charge in [0.2, 0.25) is 0 Å². The minimum absolute atomic E-state index is 0.239. The van der Waals surface area contributed by atoms with Crippen molar-refractivity contribution >= 4 is 23.4 Å². The molecule has 1 aromatic carbocycles. The maximum atomic E-state index is 12.3. The van der Waals surface area contributed by atoms with Gasteiger partial charge >= 0.3 is 5.97 Å². The fourth-order valence-electron chi connectivity index (χ4n) is 2.90. The number of aromatic nitrogens is 2. The topological polar surface area (TPSA) is 87.7 Å². The van der Waals surface area contributed by atoms with Crippen LogP contribution in [0.15, 0.2) is 36.7 Å². The van der Waals surface area contributed by atoms with E-state index >= 15 is 0 Å². The molecule has 3 rings (SSSR count). The summed E-state index contributed by atoms with van der Waals surface area (Å²) in [5, 5.41) is 2.74. The van der Waals surface area contributed by atoms with Gasteiger partial charge in [-0.3, -0.25) is 4.79 Å². The summed E-state index contributed by atoms with van der Waals surface area (Å²) in [7, 11) is 1.32. The lowest BCUT2D eigenvalue weighted by molar-refractivity contribution is 0.0600. The highest BCUT2D eigenvalue weighted by molar-refractivity contribution is 6.03. The first-order valence-electron chi connectivity index (χ1n) is 8.89. The lowest BCUT2D eigenvalue weighted by Gasteiger charge is -2.34. The molecule has 2 aromatic rings. The van der Waals surface area contributed by atoms with Gasteiger partial charge in [-0.1, -0.05) is 6.92 Å². The van der Waals surface area contributed by atoms with Crippen LogP contribution in [-0.2, 0) is 4.74 Å². The molecule has 1 N–H and O–H groups in total. The van der Waals surface area contributed by atoms with Crippen molar-refractivity contribution in [3.05, 3.63) is 47.9 Å². The number of hydrogen-bond donors (Lipinski definition) is 1. The summed E-state index contributed by atoms with van der Waals surface area (Å²) in [6.45, 7) is 7.02. The second-order valence-electron chi connectivity index (χ2n) is 6.20. The van der Waals surface area contributed by atoms with E-state index in [1.54, 1.807) is 30.5 Å². The molecule has 1 aromatic heterocycles. The van der Waals surface area contributed by atoms with Crippen LogP contribution in [0.5, 0.6) is 0 Å². The van der Waals surface area contributed by atoms with Crippen molar-refractivity contribution in [3.8, 4) is 0 Å². The van der Waals surface area contributed by atoms with E-state index in [-0.39, 0.29) is 11.6 Å². The van der Waals surface area contributed by atoms with Gasteiger partial charge in [-0.05, 0) is 30.8 Å². The maximum Gasteiger partial charge on any atom is 0.337 e. The number of esters is 1. The Morgan fingerprint density at radius 3 is 2.33 bits per heavy atom. The van der Waals surface area contributed by atoms with Crippen LogP contribution in [-0.4, -0.2) is 66.6 Å². The highest BCUT2D eigenvalue weighted by Gasteiger charge is 2.18. The number of benzene rings is 1. The van der Waals surface area contributed by atoms with Crippen molar-refractivity contribution in [2.75, 3.05) is 50.1 Å². The summed E-state index contributed by atoms with van der Waals surface area (Å²) in [5.41, 5.74) is 1.22. The molecule has 1 amide bonds. The number of hydrogen-bond acceptors (Lipinski definition) is 7. The van der Waals surface area contributed by atoms with Gasteiger partial charge in [-0.2, -0.15) is 0 Å². The number of likely N-dealkylation sites (N-methyl/N-ethyl adjacent to an activating group) is 1. The van der Waals surface area contributed by atoms with E-state index in [0.717, 1.165) is 38.5 Å². The summed E-state index contributed by atoms with van der Waals surface area (Å²) in [5.74, 6) is 0.00880. The molecule has 27 heavy (non-hydrogen) atoms. The molecular formula is C19H23N5O3. The van der Waals surface area contributed by atoms with Crippen molar-refractivity contribution < 1.29 is 14.3 Å². The Morgan fingerprint density at radius 2 is 1.78 bits per heavy atom. The lowest BCUT2D eigenvalue weighted by atomic mass is 10.2. The summed E-state index contributed by atoms with van der Waals surface area (Å²) >= 11 is 0. The van der Waals surface area contributed by atoms with E-state index in [0.29, 0.717) is 11.3 Å². The molecule has 0 atom stereocenters. The first-order valence-corrected chi connectivity index (χ1v) is 8.89. The summed E-state index contributed by atoms with van der Waals surface area (Å²) < 4.78 is 4.65. The number of amides is 1. The van der Waals surface area contributed by atoms with E-state index in [1.807, 2.05) is 0 Å². The largest absolute Gasteiger partial charge is 0.465 e. The molecule has 142 valence electrons. The average Bonchev–Trinajstić information content (AvgIpc) is 2.74. The van der Waals surface area contributed by atoms with Gasteiger partial charge in [0.05, 0.1) is 25.1 Å². The zero-order valence-corrected chi connectivity index (χ0v) is 15.5. The zero-order chi connectivity index (χ0) is 19.2. The molecule has 2 heterocycles. The van der Waals surface area contributed by atoms with Crippen LogP contribution in [0.2, 0.25) is 0 Å². The number of carbonyl (C=O) groups excluding carboxylic acids is 2. The molecular weight excluding hydrogens is 346 g/mol. The van der Waals surface area contributed by atoms with Crippen LogP contribution in [0, 0.1) is 0 Å². The second kappa shape index (κ2) is 8.59. The van der Waals surface area contributed by atoms with Crippen LogP contribution < -0.4 is 10.2 Å². The number of piperazine rings is 1. The van der Waals surface area contributed by atoms with Crippen molar-refractivity contribution in [1.82, 2.24) is 14.9 Å². The number of ether oxygens (including phenoxy) is 1. The normalized spacial score (nSPS) is 14.7. The van der Waals surface area contributed by atoms with Gasteiger partial charge in [-0.25, -0.2) is 14.8 Å². The number of anilines is 2. The van der Waals surface area contributed by atoms with Gasteiger partial charge in [0.15, 0.2) is 0 Å². The molecule has 8 nitrogen and oxygen atoms in total. The van der Waals surface area contributed by atoms with E-state index in [4.69, 9.17) is 0 Å². The Labute approximate surface area is 158 Å². The van der Waals surface area contributed by atoms with Crippen LogP contribution in [0.25, 0.3) is 0 Å². The Balaban J connectivity index is 1.60. The number of carbonyl (C=O) groups is 2. The number of nitrogens with zero attached hydrogens (tertiary/aromatic N) is 4. The van der Waals surface area contributed by atoms with Crippen LogP contribution in [0.1, 0.15) is 27.8 Å². The molecule has 0 radical (unpaired) electrons. The van der Waals surface area contributed by atoms with Gasteiger partial charge in [0.1, 0.15) is 11.5 Å². The van der Waals surface area contributed by atoms with E-state index in [2.05, 4.69) is 36.7 Å². The Bertz CT molecular complexity index is 784. The molecule has 8 heteroatoms. The SMILES string of the molecule is CCN1CCN(c2cnc(C(=O)Nc3ccc(C(=O)OC)cc3)cn2)CC1. The second-order valence-corrected chi connectivity index (χ2v) is 6.20. The Hall–Kier alpha value is -3.00. The molecule has 0 spiro atoms. The predicted molar refractivity (Wildman–Crippen MR) is 102 cm³/mol. The minimum Gasteiger partial charge on any atom is -0.465 e. The third-order valence-corrected chi connectivity index (χ3v) is 4.58. The van der Waals surface area contributed by atoms with Crippen molar-refractivity contribution in [2.45, 2.75) is 6.92 Å². The number of nitrogens with one attached hydrogen (secondary N) is 1. The highest BCUT2D eigenvalue weighted by Crippen LogP contribution is 2.14. The molecule has 0 unspecified atom stereocenters. The van der Waals surface area contributed by atoms with E-state index in [1.165, 1.54) is 13.3 Å². The lowest BCUT2D eigenvalue weighted by Crippen LogP contribution is -2.46. The average molecular weight is 369 g/mol. The van der Waals surface area contributed by atoms with Gasteiger partial charge in [0, 0.05) is 31.9 Å². The Kier molecular flexibility index (Phi) is 5.97. The maximum absolute atomic E-state index is 12.3. The molecule has 1 saturated heterocycles. The van der Waals surface area contributed by atoms with Gasteiger partial charge in [0.25, 0.3) is 5.91 Å². The van der Waals surface area contributed by atoms with Crippen molar-refractivity contribution in [1.29, 1.82) is 0 Å². The van der Waals surface area contributed by atoms with Crippen LogP contribution >= 0.6 is 0 Å².